The Balaban J connectivity index is 0.885. The lowest BCUT2D eigenvalue weighted by Gasteiger charge is -2.58. The van der Waals surface area contributed by atoms with Crippen LogP contribution in [-0.4, -0.2) is 58.1 Å². The zero-order chi connectivity index (χ0) is 47.0. The van der Waals surface area contributed by atoms with E-state index in [9.17, 15) is 9.46 Å². The first-order valence-corrected chi connectivity index (χ1v) is 30.3. The number of allylic oxidation sites excluding steroid dienone is 1. The standard InChI is InChI=1S/C58H110NO5P/c1-49(2)34-33-35-50(3)54-38-39-55-53-37-36-51-48-52(40-42-57(51,4)56(53)41-43-58(54,55)5)62-45-30-26-22-19-17-15-13-11-9-10-12-14-16-18-20-23-27-31-46-63-65(60,61)64-47-32-28-24-21-25-29-44-59(6,7)8/h36,49-50,52-56H,9-35,37-48H2,1-8H3/t50-,52+,53+,54-,55+,56+,57+,58-/m1/s1. The van der Waals surface area contributed by atoms with Gasteiger partial charge in [0, 0.05) is 6.61 Å². The molecule has 4 aliphatic rings. The highest BCUT2D eigenvalue weighted by molar-refractivity contribution is 7.45. The van der Waals surface area contributed by atoms with E-state index in [4.69, 9.17) is 13.8 Å². The molecule has 0 aromatic heterocycles. The second-order valence-electron chi connectivity index (χ2n) is 24.6. The Morgan fingerprint density at radius 1 is 0.615 bits per heavy atom. The molecule has 0 saturated heterocycles. The Kier molecular flexibility index (Phi) is 26.9. The largest absolute Gasteiger partial charge is 0.756 e. The third-order valence-corrected chi connectivity index (χ3v) is 18.9. The summed E-state index contributed by atoms with van der Waals surface area (Å²) in [5, 5.41) is 0. The highest BCUT2D eigenvalue weighted by Gasteiger charge is 2.59. The van der Waals surface area contributed by atoms with Crippen molar-refractivity contribution in [3.05, 3.63) is 11.6 Å². The molecule has 0 radical (unpaired) electrons. The van der Waals surface area contributed by atoms with E-state index in [2.05, 4.69) is 61.8 Å². The maximum Gasteiger partial charge on any atom is 0.267 e. The molecule has 65 heavy (non-hydrogen) atoms. The predicted octanol–water partition coefficient (Wildman–Crippen LogP) is 17.0. The molecule has 0 amide bonds. The third-order valence-electron chi connectivity index (χ3n) is 17.9. The first-order valence-electron chi connectivity index (χ1n) is 28.9. The molecule has 0 N–H and O–H groups in total. The molecule has 0 aromatic carbocycles. The molecule has 0 aromatic rings. The molecule has 0 bridgehead atoms. The number of fused-ring (bicyclic) bond motifs is 5. The van der Waals surface area contributed by atoms with Gasteiger partial charge in [0.1, 0.15) is 0 Å². The fourth-order valence-corrected chi connectivity index (χ4v) is 14.6. The number of rotatable bonds is 38. The van der Waals surface area contributed by atoms with Gasteiger partial charge in [0.25, 0.3) is 7.82 Å². The van der Waals surface area contributed by atoms with Crippen molar-refractivity contribution in [1.82, 2.24) is 0 Å². The summed E-state index contributed by atoms with van der Waals surface area (Å²) in [4.78, 5) is 12.0. The predicted molar refractivity (Wildman–Crippen MR) is 276 cm³/mol. The Morgan fingerprint density at radius 3 is 1.62 bits per heavy atom. The van der Waals surface area contributed by atoms with Gasteiger partial charge in [0.05, 0.1) is 47.0 Å². The highest BCUT2D eigenvalue weighted by atomic mass is 31.2. The summed E-state index contributed by atoms with van der Waals surface area (Å²) in [6.07, 6.45) is 48.7. The zero-order valence-corrected chi connectivity index (χ0v) is 45.5. The SMILES string of the molecule is CC(C)CCC[C@@H](C)[C@H]1CC[C@H]2[C@@H]3CC=C4C[C@@H](OCCCCCCCCCCCCCCCCCCCCOP(=O)([O-])OCCCCCCCC[N+](C)(C)C)CC[C@]4(C)[C@H]3CC[C@]12C. The summed E-state index contributed by atoms with van der Waals surface area (Å²) >= 11 is 0. The number of phosphoric acid groups is 1. The van der Waals surface area contributed by atoms with Gasteiger partial charge in [-0.05, 0) is 130 Å². The van der Waals surface area contributed by atoms with Gasteiger partial charge in [-0.15, -0.1) is 0 Å². The number of ether oxygens (including phenoxy) is 1. The first-order chi connectivity index (χ1) is 31.1. The van der Waals surface area contributed by atoms with E-state index >= 15 is 0 Å². The molecule has 1 unspecified atom stereocenters. The van der Waals surface area contributed by atoms with Crippen molar-refractivity contribution in [1.29, 1.82) is 0 Å². The molecule has 3 saturated carbocycles. The van der Waals surface area contributed by atoms with Crippen molar-refractivity contribution in [2.45, 2.75) is 265 Å². The maximum atomic E-state index is 12.0. The van der Waals surface area contributed by atoms with Crippen LogP contribution in [0.4, 0.5) is 0 Å². The normalized spacial score (nSPS) is 28.2. The Labute approximate surface area is 404 Å². The Morgan fingerprint density at radius 2 is 1.11 bits per heavy atom. The van der Waals surface area contributed by atoms with Crippen molar-refractivity contribution >= 4 is 7.82 Å². The Hall–Kier alpha value is -0.230. The molecule has 6 nitrogen and oxygen atoms in total. The van der Waals surface area contributed by atoms with Crippen molar-refractivity contribution in [3.8, 4) is 0 Å². The third kappa shape index (κ3) is 20.9. The van der Waals surface area contributed by atoms with E-state index in [0.717, 1.165) is 85.1 Å². The average molecular weight is 932 g/mol. The van der Waals surface area contributed by atoms with Crippen LogP contribution in [0.3, 0.4) is 0 Å². The van der Waals surface area contributed by atoms with E-state index in [1.807, 2.05) is 0 Å². The van der Waals surface area contributed by atoms with Gasteiger partial charge >= 0.3 is 0 Å². The topological polar surface area (TPSA) is 67.8 Å². The number of unbranched alkanes of at least 4 members (excludes halogenated alkanes) is 22. The molecule has 0 spiro atoms. The van der Waals surface area contributed by atoms with Crippen LogP contribution in [0.5, 0.6) is 0 Å². The molecular formula is C58H110NO5P. The van der Waals surface area contributed by atoms with Gasteiger partial charge in [-0.2, -0.15) is 0 Å². The van der Waals surface area contributed by atoms with Gasteiger partial charge in [-0.1, -0.05) is 188 Å². The smallest absolute Gasteiger partial charge is 0.267 e. The molecule has 4 rings (SSSR count). The average Bonchev–Trinajstić information content (AvgIpc) is 3.61. The lowest BCUT2D eigenvalue weighted by molar-refractivity contribution is -0.870. The maximum absolute atomic E-state index is 12.0. The minimum Gasteiger partial charge on any atom is -0.756 e. The molecular weight excluding hydrogens is 822 g/mol. The van der Waals surface area contributed by atoms with Gasteiger partial charge in [-0.25, -0.2) is 0 Å². The first kappa shape index (κ1) is 57.3. The number of hydrogen-bond acceptors (Lipinski definition) is 5. The number of hydrogen-bond donors (Lipinski definition) is 0. The fourth-order valence-electron chi connectivity index (χ4n) is 13.9. The summed E-state index contributed by atoms with van der Waals surface area (Å²) in [5.74, 6) is 5.50. The fraction of sp³-hybridized carbons (Fsp3) is 0.966. The molecule has 4 aliphatic carbocycles. The Bertz CT molecular complexity index is 1330. The molecule has 9 atom stereocenters. The van der Waals surface area contributed by atoms with Crippen LogP contribution >= 0.6 is 7.82 Å². The van der Waals surface area contributed by atoms with E-state index in [1.54, 1.807) is 5.57 Å². The molecule has 7 heteroatoms. The van der Waals surface area contributed by atoms with E-state index in [0.29, 0.717) is 16.9 Å². The van der Waals surface area contributed by atoms with Crippen LogP contribution in [0, 0.1) is 46.3 Å². The number of phosphoric ester groups is 1. The summed E-state index contributed by atoms with van der Waals surface area (Å²) < 4.78 is 29.8. The van der Waals surface area contributed by atoms with Crippen LogP contribution in [0.25, 0.3) is 0 Å². The second-order valence-corrected chi connectivity index (χ2v) is 26.0. The molecule has 382 valence electrons. The monoisotopic (exact) mass is 932 g/mol. The lowest BCUT2D eigenvalue weighted by atomic mass is 9.47. The van der Waals surface area contributed by atoms with E-state index in [1.165, 1.54) is 193 Å². The van der Waals surface area contributed by atoms with Crippen LogP contribution in [0.1, 0.15) is 259 Å². The van der Waals surface area contributed by atoms with Crippen LogP contribution in [0.2, 0.25) is 0 Å². The van der Waals surface area contributed by atoms with Crippen molar-refractivity contribution in [3.63, 3.8) is 0 Å². The molecule has 3 fully saturated rings. The van der Waals surface area contributed by atoms with Gasteiger partial charge in [0.15, 0.2) is 0 Å². The second kappa shape index (κ2) is 30.5. The quantitative estimate of drug-likeness (QED) is 0.0267. The summed E-state index contributed by atoms with van der Waals surface area (Å²) in [7, 11) is 2.54. The van der Waals surface area contributed by atoms with Crippen LogP contribution < -0.4 is 4.89 Å². The van der Waals surface area contributed by atoms with Crippen LogP contribution in [0.15, 0.2) is 11.6 Å². The zero-order valence-electron chi connectivity index (χ0n) is 44.6. The van der Waals surface area contributed by atoms with Crippen molar-refractivity contribution < 1.29 is 27.7 Å². The summed E-state index contributed by atoms with van der Waals surface area (Å²) in [5.41, 5.74) is 2.81. The lowest BCUT2D eigenvalue weighted by Crippen LogP contribution is -2.51. The van der Waals surface area contributed by atoms with Gasteiger partial charge < -0.3 is 23.2 Å². The highest BCUT2D eigenvalue weighted by Crippen LogP contribution is 2.67. The minimum atomic E-state index is -4.15. The summed E-state index contributed by atoms with van der Waals surface area (Å²) in [6.45, 7) is 15.5. The molecule has 0 heterocycles. The van der Waals surface area contributed by atoms with E-state index in [-0.39, 0.29) is 13.2 Å². The van der Waals surface area contributed by atoms with Gasteiger partial charge in [0.2, 0.25) is 0 Å². The summed E-state index contributed by atoms with van der Waals surface area (Å²) in [6, 6.07) is 0. The molecule has 0 aliphatic heterocycles. The van der Waals surface area contributed by atoms with Crippen LogP contribution in [-0.2, 0) is 18.3 Å². The minimum absolute atomic E-state index is 0.245. The number of nitrogens with zero attached hydrogens (tertiary/aromatic N) is 1. The van der Waals surface area contributed by atoms with E-state index < -0.39 is 7.82 Å². The number of quaternary nitrogens is 1. The van der Waals surface area contributed by atoms with Gasteiger partial charge in [-0.3, -0.25) is 4.57 Å². The van der Waals surface area contributed by atoms with Crippen molar-refractivity contribution in [2.24, 2.45) is 46.3 Å². The van der Waals surface area contributed by atoms with Crippen molar-refractivity contribution in [2.75, 3.05) is 47.5 Å².